The number of rotatable bonds is 4. The van der Waals surface area contributed by atoms with Crippen molar-refractivity contribution in [3.05, 3.63) is 45.9 Å². The molecule has 1 unspecified atom stereocenters. The van der Waals surface area contributed by atoms with Gasteiger partial charge < -0.3 is 5.32 Å². The first-order valence-corrected chi connectivity index (χ1v) is 6.26. The normalized spacial score (nSPS) is 12.6. The summed E-state index contributed by atoms with van der Waals surface area (Å²) >= 11 is 1.61. The van der Waals surface area contributed by atoms with Crippen LogP contribution in [0.25, 0.3) is 0 Å². The van der Waals surface area contributed by atoms with E-state index in [2.05, 4.69) is 15.3 Å². The van der Waals surface area contributed by atoms with Gasteiger partial charge in [-0.3, -0.25) is 4.98 Å². The molecule has 2 heterocycles. The van der Waals surface area contributed by atoms with E-state index in [1.165, 1.54) is 6.20 Å². The third-order valence-corrected chi connectivity index (χ3v) is 3.43. The van der Waals surface area contributed by atoms with E-state index < -0.39 is 0 Å². The van der Waals surface area contributed by atoms with Crippen LogP contribution in [0.4, 0.5) is 4.39 Å². The zero-order valence-electron chi connectivity index (χ0n) is 9.77. The van der Waals surface area contributed by atoms with E-state index >= 15 is 0 Å². The molecule has 0 aliphatic carbocycles. The summed E-state index contributed by atoms with van der Waals surface area (Å²) in [7, 11) is 1.82. The zero-order chi connectivity index (χ0) is 12.3. The Kier molecular flexibility index (Phi) is 3.81. The average molecular weight is 251 g/mol. The molecule has 0 aliphatic rings. The van der Waals surface area contributed by atoms with Gasteiger partial charge in [0.25, 0.3) is 0 Å². The van der Waals surface area contributed by atoms with Crippen molar-refractivity contribution in [3.8, 4) is 0 Å². The molecule has 0 spiro atoms. The third kappa shape index (κ3) is 2.87. The largest absolute Gasteiger partial charge is 0.313 e. The summed E-state index contributed by atoms with van der Waals surface area (Å²) in [5.41, 5.74) is 1.62. The number of halogens is 1. The summed E-state index contributed by atoms with van der Waals surface area (Å²) in [6, 6.07) is 1.63. The summed E-state index contributed by atoms with van der Waals surface area (Å²) in [6.45, 7) is 1.97. The highest BCUT2D eigenvalue weighted by molar-refractivity contribution is 7.09. The molecule has 0 fully saturated rings. The quantitative estimate of drug-likeness (QED) is 0.907. The van der Waals surface area contributed by atoms with Crippen molar-refractivity contribution in [2.24, 2.45) is 0 Å². The van der Waals surface area contributed by atoms with Crippen LogP contribution in [0.5, 0.6) is 0 Å². The number of nitrogens with zero attached hydrogens (tertiary/aromatic N) is 2. The molecule has 90 valence electrons. The van der Waals surface area contributed by atoms with Gasteiger partial charge in [-0.2, -0.15) is 0 Å². The predicted molar refractivity (Wildman–Crippen MR) is 66.6 cm³/mol. The van der Waals surface area contributed by atoms with Crippen LogP contribution in [-0.4, -0.2) is 17.0 Å². The van der Waals surface area contributed by atoms with Gasteiger partial charge in [0.1, 0.15) is 5.82 Å². The fourth-order valence-corrected chi connectivity index (χ4v) is 2.37. The molecule has 0 aromatic carbocycles. The molecular formula is C12H14FN3S. The number of hydrogen-bond donors (Lipinski definition) is 1. The Labute approximate surface area is 104 Å². The second kappa shape index (κ2) is 5.33. The Bertz CT molecular complexity index is 498. The molecule has 2 aromatic heterocycles. The predicted octanol–water partition coefficient (Wildman–Crippen LogP) is 2.49. The Morgan fingerprint density at radius 1 is 1.53 bits per heavy atom. The van der Waals surface area contributed by atoms with Gasteiger partial charge in [0.05, 0.1) is 16.9 Å². The molecule has 17 heavy (non-hydrogen) atoms. The van der Waals surface area contributed by atoms with E-state index in [9.17, 15) is 4.39 Å². The Hall–Kier alpha value is -1.33. The molecule has 1 N–H and O–H groups in total. The Morgan fingerprint density at radius 2 is 2.35 bits per heavy atom. The van der Waals surface area contributed by atoms with Gasteiger partial charge in [0, 0.05) is 29.6 Å². The average Bonchev–Trinajstić information content (AvgIpc) is 2.73. The molecule has 0 aliphatic heterocycles. The van der Waals surface area contributed by atoms with E-state index in [1.54, 1.807) is 23.6 Å². The lowest BCUT2D eigenvalue weighted by Crippen LogP contribution is -2.20. The first-order chi connectivity index (χ1) is 8.20. The highest BCUT2D eigenvalue weighted by Crippen LogP contribution is 2.21. The number of hydrogen-bond acceptors (Lipinski definition) is 4. The van der Waals surface area contributed by atoms with Crippen LogP contribution >= 0.6 is 11.3 Å². The molecule has 0 radical (unpaired) electrons. The second-order valence-electron chi connectivity index (χ2n) is 3.80. The topological polar surface area (TPSA) is 37.8 Å². The smallest absolute Gasteiger partial charge is 0.146 e. The Balaban J connectivity index is 2.20. The summed E-state index contributed by atoms with van der Waals surface area (Å²) < 4.78 is 13.6. The van der Waals surface area contributed by atoms with Gasteiger partial charge in [-0.1, -0.05) is 0 Å². The van der Waals surface area contributed by atoms with E-state index in [0.717, 1.165) is 10.7 Å². The molecule has 1 atom stereocenters. The second-order valence-corrected chi connectivity index (χ2v) is 4.86. The minimum absolute atomic E-state index is 0.0699. The van der Waals surface area contributed by atoms with Gasteiger partial charge in [0.15, 0.2) is 0 Å². The van der Waals surface area contributed by atoms with E-state index in [-0.39, 0.29) is 11.9 Å². The maximum Gasteiger partial charge on any atom is 0.146 e. The van der Waals surface area contributed by atoms with Crippen molar-refractivity contribution < 1.29 is 4.39 Å². The summed E-state index contributed by atoms with van der Waals surface area (Å²) in [5.74, 6) is -0.279. The lowest BCUT2D eigenvalue weighted by Gasteiger charge is -2.15. The van der Waals surface area contributed by atoms with Crippen LogP contribution in [0.1, 0.15) is 22.3 Å². The van der Waals surface area contributed by atoms with Crippen molar-refractivity contribution >= 4 is 11.3 Å². The van der Waals surface area contributed by atoms with Gasteiger partial charge in [-0.25, -0.2) is 9.37 Å². The number of pyridine rings is 1. The fraction of sp³-hybridized carbons (Fsp3) is 0.333. The first-order valence-electron chi connectivity index (χ1n) is 5.38. The highest BCUT2D eigenvalue weighted by atomic mass is 32.1. The van der Waals surface area contributed by atoms with Crippen molar-refractivity contribution in [1.82, 2.24) is 15.3 Å². The first kappa shape index (κ1) is 12.1. The van der Waals surface area contributed by atoms with Crippen LogP contribution in [0.15, 0.2) is 23.8 Å². The molecule has 2 aromatic rings. The molecule has 0 saturated carbocycles. The van der Waals surface area contributed by atoms with E-state index in [0.29, 0.717) is 12.0 Å². The van der Waals surface area contributed by atoms with Gasteiger partial charge in [0.2, 0.25) is 0 Å². The van der Waals surface area contributed by atoms with Crippen LogP contribution in [0.3, 0.4) is 0 Å². The summed E-state index contributed by atoms with van der Waals surface area (Å²) in [5, 5.41) is 6.16. The molecule has 0 amide bonds. The molecule has 2 rings (SSSR count). The standard InChI is InChI=1S/C12H14FN3S/c1-8-16-9(7-17-8)5-12(14-2)10-3-4-15-6-11(10)13/h3-4,6-7,12,14H,5H2,1-2H3. The van der Waals surface area contributed by atoms with Gasteiger partial charge in [-0.05, 0) is 20.0 Å². The molecule has 5 heteroatoms. The molecule has 0 bridgehead atoms. The van der Waals surface area contributed by atoms with Crippen molar-refractivity contribution in [2.45, 2.75) is 19.4 Å². The number of aromatic nitrogens is 2. The van der Waals surface area contributed by atoms with Crippen LogP contribution in [0.2, 0.25) is 0 Å². The maximum absolute atomic E-state index is 13.6. The SMILES string of the molecule is CNC(Cc1csc(C)n1)c1ccncc1F. The lowest BCUT2D eigenvalue weighted by atomic mass is 10.0. The molecular weight excluding hydrogens is 237 g/mol. The van der Waals surface area contributed by atoms with E-state index in [1.807, 2.05) is 19.4 Å². The summed E-state index contributed by atoms with van der Waals surface area (Å²) in [6.07, 6.45) is 3.53. The van der Waals surface area contributed by atoms with Crippen LogP contribution in [-0.2, 0) is 6.42 Å². The number of nitrogens with one attached hydrogen (secondary N) is 1. The van der Waals surface area contributed by atoms with Gasteiger partial charge >= 0.3 is 0 Å². The fourth-order valence-electron chi connectivity index (χ4n) is 1.75. The minimum atomic E-state index is -0.279. The maximum atomic E-state index is 13.6. The minimum Gasteiger partial charge on any atom is -0.313 e. The number of aryl methyl sites for hydroxylation is 1. The van der Waals surface area contributed by atoms with Crippen molar-refractivity contribution in [1.29, 1.82) is 0 Å². The van der Waals surface area contributed by atoms with Crippen molar-refractivity contribution in [3.63, 3.8) is 0 Å². The molecule has 0 saturated heterocycles. The van der Waals surface area contributed by atoms with Crippen LogP contribution in [0, 0.1) is 12.7 Å². The highest BCUT2D eigenvalue weighted by Gasteiger charge is 2.15. The van der Waals surface area contributed by atoms with E-state index in [4.69, 9.17) is 0 Å². The summed E-state index contributed by atoms with van der Waals surface area (Å²) in [4.78, 5) is 8.15. The van der Waals surface area contributed by atoms with Crippen LogP contribution < -0.4 is 5.32 Å². The number of likely N-dealkylation sites (N-methyl/N-ethyl adjacent to an activating group) is 1. The monoisotopic (exact) mass is 251 g/mol. The number of thiazole rings is 1. The van der Waals surface area contributed by atoms with Gasteiger partial charge in [-0.15, -0.1) is 11.3 Å². The molecule has 3 nitrogen and oxygen atoms in total. The zero-order valence-corrected chi connectivity index (χ0v) is 10.6. The van der Waals surface area contributed by atoms with Crippen molar-refractivity contribution in [2.75, 3.05) is 7.05 Å². The lowest BCUT2D eigenvalue weighted by molar-refractivity contribution is 0.527. The Morgan fingerprint density at radius 3 is 2.94 bits per heavy atom. The third-order valence-electron chi connectivity index (χ3n) is 2.61.